The normalized spacial score (nSPS) is 20.8. The van der Waals surface area contributed by atoms with Gasteiger partial charge in [-0.25, -0.2) is 4.98 Å². The number of piperidine rings is 1. The molecule has 1 saturated heterocycles. The van der Waals surface area contributed by atoms with Gasteiger partial charge < -0.3 is 20.1 Å². The van der Waals surface area contributed by atoms with Crippen LogP contribution in [0.2, 0.25) is 0 Å². The van der Waals surface area contributed by atoms with Crippen LogP contribution in [0.3, 0.4) is 0 Å². The summed E-state index contributed by atoms with van der Waals surface area (Å²) in [6.07, 6.45) is 7.83. The van der Waals surface area contributed by atoms with Crippen LogP contribution in [-0.4, -0.2) is 40.0 Å². The lowest BCUT2D eigenvalue weighted by Gasteiger charge is -2.38. The van der Waals surface area contributed by atoms with Crippen molar-refractivity contribution in [1.29, 1.82) is 0 Å². The number of benzene rings is 2. The molecule has 3 atom stereocenters. The summed E-state index contributed by atoms with van der Waals surface area (Å²) >= 11 is 0. The van der Waals surface area contributed by atoms with Crippen molar-refractivity contribution in [2.75, 3.05) is 11.4 Å². The van der Waals surface area contributed by atoms with Gasteiger partial charge in [0.1, 0.15) is 5.82 Å². The quantitative estimate of drug-likeness (QED) is 0.397. The maximum Gasteiger partial charge on any atom is 0.253 e. The summed E-state index contributed by atoms with van der Waals surface area (Å²) in [5, 5.41) is 7.28. The largest absolute Gasteiger partial charge is 0.353 e. The zero-order valence-electron chi connectivity index (χ0n) is 21.6. The molecule has 3 heterocycles. The molecule has 0 spiro atoms. The molecule has 3 unspecified atom stereocenters. The Morgan fingerprint density at radius 2 is 1.84 bits per heavy atom. The van der Waals surface area contributed by atoms with Gasteiger partial charge in [0.05, 0.1) is 5.56 Å². The highest BCUT2D eigenvalue weighted by atomic mass is 16.2. The predicted molar refractivity (Wildman–Crippen MR) is 149 cm³/mol. The number of carbonyl (C=O) groups excluding carboxylic acids is 2. The number of hydrogen-bond acceptors (Lipinski definition) is 4. The van der Waals surface area contributed by atoms with Crippen molar-refractivity contribution in [2.24, 2.45) is 13.0 Å². The molecule has 7 heteroatoms. The Hall–Kier alpha value is -4.13. The maximum absolute atomic E-state index is 13.2. The Bertz CT molecular complexity index is 1450. The van der Waals surface area contributed by atoms with Crippen LogP contribution in [0, 0.1) is 5.92 Å². The van der Waals surface area contributed by atoms with Crippen molar-refractivity contribution < 1.29 is 9.59 Å². The second-order valence-corrected chi connectivity index (χ2v) is 10.5. The third-order valence-corrected chi connectivity index (χ3v) is 8.14. The van der Waals surface area contributed by atoms with Crippen LogP contribution in [0.15, 0.2) is 79.1 Å². The summed E-state index contributed by atoms with van der Waals surface area (Å²) in [4.78, 5) is 32.9. The van der Waals surface area contributed by atoms with Gasteiger partial charge in [-0.3, -0.25) is 9.59 Å². The van der Waals surface area contributed by atoms with Gasteiger partial charge in [0, 0.05) is 61.1 Å². The fourth-order valence-electron chi connectivity index (χ4n) is 6.22. The Kier molecular flexibility index (Phi) is 6.58. The Labute approximate surface area is 222 Å². The third kappa shape index (κ3) is 4.76. The molecule has 38 heavy (non-hydrogen) atoms. The number of amides is 2. The summed E-state index contributed by atoms with van der Waals surface area (Å²) in [6, 6.07) is 22.1. The molecule has 1 aliphatic carbocycles. The second-order valence-electron chi connectivity index (χ2n) is 10.5. The first kappa shape index (κ1) is 24.2. The first-order chi connectivity index (χ1) is 18.6. The Morgan fingerprint density at radius 3 is 2.66 bits per heavy atom. The van der Waals surface area contributed by atoms with Crippen LogP contribution in [0.25, 0.3) is 10.9 Å². The van der Waals surface area contributed by atoms with E-state index in [1.165, 1.54) is 6.42 Å². The monoisotopic (exact) mass is 507 g/mol. The Balaban J connectivity index is 1.10. The SMILES string of the molecule is Cn1ccc2c(C(=O)NC3CC4CCCN(c5ccc(C(=O)NCc6ccccc6)cn5)C4C3)cccc21. The van der Waals surface area contributed by atoms with E-state index in [1.807, 2.05) is 84.5 Å². The van der Waals surface area contributed by atoms with E-state index < -0.39 is 0 Å². The van der Waals surface area contributed by atoms with E-state index in [-0.39, 0.29) is 17.9 Å². The van der Waals surface area contributed by atoms with Crippen molar-refractivity contribution in [3.63, 3.8) is 0 Å². The third-order valence-electron chi connectivity index (χ3n) is 8.14. The van der Waals surface area contributed by atoms with Crippen LogP contribution in [0.4, 0.5) is 5.82 Å². The molecule has 0 radical (unpaired) electrons. The second kappa shape index (κ2) is 10.3. The minimum absolute atomic E-state index is 0.000917. The molecule has 2 amide bonds. The first-order valence-electron chi connectivity index (χ1n) is 13.5. The summed E-state index contributed by atoms with van der Waals surface area (Å²) in [7, 11) is 2.00. The fraction of sp³-hybridized carbons (Fsp3) is 0.323. The number of pyridine rings is 1. The predicted octanol–water partition coefficient (Wildman–Crippen LogP) is 4.68. The highest BCUT2D eigenvalue weighted by molar-refractivity contribution is 6.06. The lowest BCUT2D eigenvalue weighted by atomic mass is 9.92. The van der Waals surface area contributed by atoms with Gasteiger partial charge in [0.2, 0.25) is 0 Å². The van der Waals surface area contributed by atoms with Gasteiger partial charge in [-0.05, 0) is 67.5 Å². The number of aryl methyl sites for hydroxylation is 1. The number of hydrogen-bond donors (Lipinski definition) is 2. The molecule has 6 rings (SSSR count). The minimum Gasteiger partial charge on any atom is -0.353 e. The molecule has 2 fully saturated rings. The molecule has 1 saturated carbocycles. The van der Waals surface area contributed by atoms with Gasteiger partial charge in [0.25, 0.3) is 11.8 Å². The average molecular weight is 508 g/mol. The number of rotatable bonds is 6. The molecular formula is C31H33N5O2. The van der Waals surface area contributed by atoms with E-state index in [9.17, 15) is 9.59 Å². The molecule has 4 aromatic rings. The molecular weight excluding hydrogens is 474 g/mol. The standard InChI is InChI=1S/C31H33N5O2/c1-35-16-14-25-26(10-5-11-27(25)35)31(38)34-24-17-22-9-6-15-36(28(22)18-24)29-13-12-23(20-32-29)30(37)33-19-21-7-3-2-4-8-21/h2-5,7-8,10-14,16,20,22,24,28H,6,9,15,17-19H2,1H3,(H,33,37)(H,34,38). The van der Waals surface area contributed by atoms with Crippen LogP contribution in [0.1, 0.15) is 52.0 Å². The minimum atomic E-state index is -0.124. The number of anilines is 1. The number of aromatic nitrogens is 2. The van der Waals surface area contributed by atoms with Crippen molar-refractivity contribution in [1.82, 2.24) is 20.2 Å². The summed E-state index contributed by atoms with van der Waals surface area (Å²) in [5.41, 5.74) is 3.42. The molecule has 2 aromatic heterocycles. The van der Waals surface area contributed by atoms with E-state index >= 15 is 0 Å². The van der Waals surface area contributed by atoms with Crippen LogP contribution >= 0.6 is 0 Å². The molecule has 7 nitrogen and oxygen atoms in total. The number of nitrogens with one attached hydrogen (secondary N) is 2. The summed E-state index contributed by atoms with van der Waals surface area (Å²) in [5.74, 6) is 1.31. The lowest BCUT2D eigenvalue weighted by Crippen LogP contribution is -2.43. The number of fused-ring (bicyclic) bond motifs is 2. The molecule has 2 aromatic carbocycles. The van der Waals surface area contributed by atoms with E-state index in [4.69, 9.17) is 0 Å². The number of nitrogens with zero attached hydrogens (tertiary/aromatic N) is 3. The van der Waals surface area contributed by atoms with Crippen molar-refractivity contribution in [2.45, 2.75) is 44.3 Å². The van der Waals surface area contributed by atoms with Gasteiger partial charge >= 0.3 is 0 Å². The summed E-state index contributed by atoms with van der Waals surface area (Å²) in [6.45, 7) is 1.43. The zero-order chi connectivity index (χ0) is 26.1. The highest BCUT2D eigenvalue weighted by Gasteiger charge is 2.41. The van der Waals surface area contributed by atoms with Gasteiger partial charge in [0.15, 0.2) is 0 Å². The number of carbonyl (C=O) groups is 2. The highest BCUT2D eigenvalue weighted by Crippen LogP contribution is 2.39. The molecule has 194 valence electrons. The van der Waals surface area contributed by atoms with Crippen LogP contribution in [0.5, 0.6) is 0 Å². The average Bonchev–Trinajstić information content (AvgIpc) is 3.55. The smallest absolute Gasteiger partial charge is 0.253 e. The van der Waals surface area contributed by atoms with Gasteiger partial charge in [-0.2, -0.15) is 0 Å². The molecule has 0 bridgehead atoms. The first-order valence-corrected chi connectivity index (χ1v) is 13.5. The van der Waals surface area contributed by atoms with Gasteiger partial charge in [-0.1, -0.05) is 36.4 Å². The van der Waals surface area contributed by atoms with E-state index in [0.717, 1.165) is 53.7 Å². The van der Waals surface area contributed by atoms with E-state index in [1.54, 1.807) is 6.20 Å². The van der Waals surface area contributed by atoms with Crippen molar-refractivity contribution in [3.05, 3.63) is 95.8 Å². The molecule has 1 aliphatic heterocycles. The topological polar surface area (TPSA) is 79.3 Å². The van der Waals surface area contributed by atoms with Crippen molar-refractivity contribution >= 4 is 28.5 Å². The zero-order valence-corrected chi connectivity index (χ0v) is 21.6. The van der Waals surface area contributed by atoms with E-state index in [0.29, 0.717) is 24.1 Å². The van der Waals surface area contributed by atoms with Gasteiger partial charge in [-0.15, -0.1) is 0 Å². The van der Waals surface area contributed by atoms with E-state index in [2.05, 4.69) is 20.5 Å². The van der Waals surface area contributed by atoms with Crippen LogP contribution < -0.4 is 15.5 Å². The van der Waals surface area contributed by atoms with Crippen LogP contribution in [-0.2, 0) is 13.6 Å². The molecule has 2 N–H and O–H groups in total. The lowest BCUT2D eigenvalue weighted by molar-refractivity contribution is 0.0934. The fourth-order valence-corrected chi connectivity index (χ4v) is 6.22. The molecule has 2 aliphatic rings. The Morgan fingerprint density at radius 1 is 0.974 bits per heavy atom. The van der Waals surface area contributed by atoms with Crippen molar-refractivity contribution in [3.8, 4) is 0 Å². The summed E-state index contributed by atoms with van der Waals surface area (Å²) < 4.78 is 2.04. The maximum atomic E-state index is 13.2.